The number of nitrogens with zero attached hydrogens (tertiary/aromatic N) is 2. The van der Waals surface area contributed by atoms with Gasteiger partial charge < -0.3 is 0 Å². The average molecular weight is 382 g/mol. The van der Waals surface area contributed by atoms with Crippen molar-refractivity contribution in [3.8, 4) is 11.4 Å². The zero-order valence-electron chi connectivity index (χ0n) is 13.7. The fraction of sp³-hybridized carbons (Fsp3) is 0. The molecule has 0 saturated carbocycles. The minimum absolute atomic E-state index is 0.0806. The van der Waals surface area contributed by atoms with E-state index in [1.807, 2.05) is 0 Å². The Labute approximate surface area is 154 Å². The van der Waals surface area contributed by atoms with Gasteiger partial charge in [-0.1, -0.05) is 12.1 Å². The normalized spacial score (nSPS) is 14.4. The zero-order chi connectivity index (χ0) is 19.7. The van der Waals surface area contributed by atoms with Crippen molar-refractivity contribution in [3.63, 3.8) is 0 Å². The van der Waals surface area contributed by atoms with Gasteiger partial charge in [0.25, 0.3) is 0 Å². The summed E-state index contributed by atoms with van der Waals surface area (Å²) in [4.78, 5) is 34.1. The van der Waals surface area contributed by atoms with E-state index in [-0.39, 0.29) is 5.57 Å². The summed E-state index contributed by atoms with van der Waals surface area (Å²) in [6.07, 6.45) is 2.98. The van der Waals surface area contributed by atoms with Crippen LogP contribution < -0.4 is 0 Å². The number of carbonyl (C=O) groups excluding carboxylic acids is 2. The highest BCUT2D eigenvalue weighted by Crippen LogP contribution is 2.46. The van der Waals surface area contributed by atoms with Gasteiger partial charge in [-0.2, -0.15) is 0 Å². The quantitative estimate of drug-likeness (QED) is 0.152. The van der Waals surface area contributed by atoms with Crippen LogP contribution in [0.4, 0.5) is 17.6 Å². The van der Waals surface area contributed by atoms with Crippen LogP contribution in [0.1, 0.15) is 31.8 Å². The third-order valence-corrected chi connectivity index (χ3v) is 4.80. The summed E-state index contributed by atoms with van der Waals surface area (Å²) >= 11 is 0. The van der Waals surface area contributed by atoms with E-state index in [2.05, 4.69) is 9.97 Å². The number of benzene rings is 1. The molecule has 5 rings (SSSR count). The summed E-state index contributed by atoms with van der Waals surface area (Å²) in [7, 11) is 0. The molecule has 0 unspecified atom stereocenters. The van der Waals surface area contributed by atoms with E-state index >= 15 is 0 Å². The first-order valence-corrected chi connectivity index (χ1v) is 8.04. The molecule has 28 heavy (non-hydrogen) atoms. The Balaban J connectivity index is 1.90. The number of pyridine rings is 2. The predicted octanol–water partition coefficient (Wildman–Crippen LogP) is 3.89. The lowest BCUT2D eigenvalue weighted by molar-refractivity contribution is 0.0988. The number of hydrogen-bond acceptors (Lipinski definition) is 4. The van der Waals surface area contributed by atoms with Crippen molar-refractivity contribution < 1.29 is 27.2 Å². The Morgan fingerprint density at radius 2 is 1.04 bits per heavy atom. The van der Waals surface area contributed by atoms with Crippen LogP contribution >= 0.6 is 0 Å². The van der Waals surface area contributed by atoms with Crippen molar-refractivity contribution >= 4 is 17.1 Å². The molecule has 136 valence electrons. The van der Waals surface area contributed by atoms with Crippen LogP contribution in [0.15, 0.2) is 42.2 Å². The number of Topliss-reactive ketones (excluding diaryl/α,β-unsaturated/α-hetero) is 2. The maximum Gasteiger partial charge on any atom is 0.201 e. The first-order valence-electron chi connectivity index (χ1n) is 8.04. The molecule has 0 aliphatic heterocycles. The minimum Gasteiger partial charge on any atom is -0.288 e. The second-order valence-corrected chi connectivity index (χ2v) is 6.21. The lowest BCUT2D eigenvalue weighted by atomic mass is 9.96. The molecule has 2 heterocycles. The molecule has 0 fully saturated rings. The topological polar surface area (TPSA) is 59.9 Å². The van der Waals surface area contributed by atoms with Crippen molar-refractivity contribution in [2.75, 3.05) is 0 Å². The Morgan fingerprint density at radius 1 is 0.607 bits per heavy atom. The van der Waals surface area contributed by atoms with E-state index in [0.717, 1.165) is 0 Å². The van der Waals surface area contributed by atoms with Crippen molar-refractivity contribution in [2.24, 2.45) is 0 Å². The molecule has 2 aromatic heterocycles. The fourth-order valence-electron chi connectivity index (χ4n) is 3.64. The Kier molecular flexibility index (Phi) is 3.19. The van der Waals surface area contributed by atoms with Crippen LogP contribution in [0.2, 0.25) is 0 Å². The van der Waals surface area contributed by atoms with Crippen LogP contribution in [0.3, 0.4) is 0 Å². The Morgan fingerprint density at radius 3 is 1.46 bits per heavy atom. The van der Waals surface area contributed by atoms with Crippen LogP contribution in [0.5, 0.6) is 0 Å². The van der Waals surface area contributed by atoms with Gasteiger partial charge in [0.2, 0.25) is 11.6 Å². The summed E-state index contributed by atoms with van der Waals surface area (Å²) in [5.74, 6) is -10.5. The summed E-state index contributed by atoms with van der Waals surface area (Å²) in [6.45, 7) is 0. The van der Waals surface area contributed by atoms with Gasteiger partial charge in [-0.3, -0.25) is 19.6 Å². The monoisotopic (exact) mass is 382 g/mol. The molecule has 0 N–H and O–H groups in total. The van der Waals surface area contributed by atoms with Crippen LogP contribution in [-0.4, -0.2) is 21.5 Å². The van der Waals surface area contributed by atoms with Gasteiger partial charge in [0, 0.05) is 29.1 Å². The lowest BCUT2D eigenvalue weighted by Crippen LogP contribution is -2.07. The van der Waals surface area contributed by atoms with Gasteiger partial charge in [-0.05, 0) is 12.1 Å². The van der Waals surface area contributed by atoms with Gasteiger partial charge in [-0.15, -0.1) is 0 Å². The minimum atomic E-state index is -2.14. The number of ketones is 2. The second-order valence-electron chi connectivity index (χ2n) is 6.21. The average Bonchev–Trinajstić information content (AvgIpc) is 3.16. The number of allylic oxidation sites excluding steroid dienone is 1. The van der Waals surface area contributed by atoms with Crippen LogP contribution in [0.25, 0.3) is 17.0 Å². The highest BCUT2D eigenvalue weighted by atomic mass is 19.2. The van der Waals surface area contributed by atoms with E-state index in [9.17, 15) is 27.2 Å². The molecule has 0 amide bonds. The van der Waals surface area contributed by atoms with Crippen molar-refractivity contribution in [1.29, 1.82) is 0 Å². The lowest BCUT2D eigenvalue weighted by Gasteiger charge is -2.05. The molecule has 2 aliphatic carbocycles. The van der Waals surface area contributed by atoms with Crippen LogP contribution in [-0.2, 0) is 0 Å². The molecule has 8 heteroatoms. The summed E-state index contributed by atoms with van der Waals surface area (Å²) < 4.78 is 55.7. The third-order valence-electron chi connectivity index (χ3n) is 4.80. The molecular formula is C20H6F4N2O2. The van der Waals surface area contributed by atoms with Crippen LogP contribution in [0, 0.1) is 23.3 Å². The molecular weight excluding hydrogens is 376 g/mol. The molecule has 0 spiro atoms. The number of rotatable bonds is 0. The van der Waals surface area contributed by atoms with Gasteiger partial charge in [0.1, 0.15) is 0 Å². The molecule has 0 saturated heterocycles. The second kappa shape index (κ2) is 5.41. The van der Waals surface area contributed by atoms with Gasteiger partial charge in [0.05, 0.1) is 28.1 Å². The molecule has 2 aliphatic rings. The smallest absolute Gasteiger partial charge is 0.201 e. The molecule has 3 aromatic rings. The van der Waals surface area contributed by atoms with Crippen molar-refractivity contribution in [1.82, 2.24) is 9.97 Å². The molecule has 0 radical (unpaired) electrons. The molecule has 0 bridgehead atoms. The zero-order valence-corrected chi connectivity index (χ0v) is 13.7. The summed E-state index contributed by atoms with van der Waals surface area (Å²) in [6, 6.07) is 6.26. The number of hydrogen-bond donors (Lipinski definition) is 0. The van der Waals surface area contributed by atoms with Gasteiger partial charge >= 0.3 is 0 Å². The van der Waals surface area contributed by atoms with Gasteiger partial charge in [-0.25, -0.2) is 17.6 Å². The van der Waals surface area contributed by atoms with Crippen molar-refractivity contribution in [2.45, 2.75) is 0 Å². The third kappa shape index (κ3) is 1.84. The Hall–Kier alpha value is -3.68. The van der Waals surface area contributed by atoms with E-state index in [1.165, 1.54) is 12.4 Å². The van der Waals surface area contributed by atoms with E-state index in [4.69, 9.17) is 0 Å². The van der Waals surface area contributed by atoms with E-state index < -0.39 is 51.5 Å². The van der Waals surface area contributed by atoms with Gasteiger partial charge in [0.15, 0.2) is 23.3 Å². The highest BCUT2D eigenvalue weighted by Gasteiger charge is 2.45. The first kappa shape index (κ1) is 16.5. The standard InChI is InChI=1S/C20H6F4N2O2/c21-13-10-11(14(22)16(24)15(13)23)20(28)12(19(10)27)9-7-3-1-5-25-17(7)18-8(9)4-2-6-26-18/h1-6H. The fourth-order valence-corrected chi connectivity index (χ4v) is 3.64. The number of fused-ring (bicyclic) bond motifs is 4. The predicted molar refractivity (Wildman–Crippen MR) is 88.4 cm³/mol. The molecule has 1 aromatic carbocycles. The van der Waals surface area contributed by atoms with Crippen molar-refractivity contribution in [3.05, 3.63) is 87.8 Å². The van der Waals surface area contributed by atoms with E-state index in [1.54, 1.807) is 24.3 Å². The Bertz CT molecular complexity index is 1200. The number of carbonyl (C=O) groups is 2. The largest absolute Gasteiger partial charge is 0.288 e. The summed E-state index contributed by atoms with van der Waals surface area (Å²) in [5, 5.41) is 0. The molecule has 0 atom stereocenters. The number of aromatic nitrogens is 2. The molecule has 4 nitrogen and oxygen atoms in total. The SMILES string of the molecule is O=C1C(=C2c3cccnc3-c3ncccc32)C(=O)c2c(F)c(F)c(F)c(F)c21. The maximum absolute atomic E-state index is 14.2. The number of halogens is 4. The van der Waals surface area contributed by atoms with E-state index in [0.29, 0.717) is 22.5 Å². The maximum atomic E-state index is 14.2. The first-order chi connectivity index (χ1) is 13.4. The highest BCUT2D eigenvalue weighted by molar-refractivity contribution is 6.43. The summed E-state index contributed by atoms with van der Waals surface area (Å²) in [5.41, 5.74) is -1.20.